The van der Waals surface area contributed by atoms with Crippen molar-refractivity contribution in [2.75, 3.05) is 6.54 Å². The molecule has 1 saturated carbocycles. The van der Waals surface area contributed by atoms with Gasteiger partial charge in [0.2, 0.25) is 0 Å². The fourth-order valence-electron chi connectivity index (χ4n) is 3.27. The van der Waals surface area contributed by atoms with E-state index in [1.54, 1.807) is 5.57 Å². The zero-order valence-electron chi connectivity index (χ0n) is 8.50. The van der Waals surface area contributed by atoms with Crippen LogP contribution < -0.4 is 0 Å². The van der Waals surface area contributed by atoms with Crippen molar-refractivity contribution in [3.05, 3.63) is 11.8 Å². The second kappa shape index (κ2) is 2.76. The summed E-state index contributed by atoms with van der Waals surface area (Å²) in [6, 6.07) is 0.900. The third-order valence-electron chi connectivity index (χ3n) is 4.22. The number of rotatable bonds is 0. The van der Waals surface area contributed by atoms with Crippen molar-refractivity contribution in [1.29, 1.82) is 0 Å². The molecule has 4 bridgehead atoms. The molecule has 1 aliphatic carbocycles. The predicted molar refractivity (Wildman–Crippen MR) is 54.3 cm³/mol. The Morgan fingerprint density at radius 3 is 2.85 bits per heavy atom. The molecule has 2 fully saturated rings. The maximum atomic E-state index is 2.59. The van der Waals surface area contributed by atoms with Crippen LogP contribution in [0.4, 0.5) is 0 Å². The maximum absolute atomic E-state index is 2.59. The van der Waals surface area contributed by atoms with Crippen LogP contribution in [-0.2, 0) is 0 Å². The molecule has 3 atom stereocenters. The van der Waals surface area contributed by atoms with E-state index in [4.69, 9.17) is 0 Å². The summed E-state index contributed by atoms with van der Waals surface area (Å²) in [6.45, 7) is 3.75. The highest BCUT2D eigenvalue weighted by molar-refractivity contribution is 5.21. The van der Waals surface area contributed by atoms with E-state index in [-0.39, 0.29) is 0 Å². The zero-order chi connectivity index (χ0) is 8.84. The van der Waals surface area contributed by atoms with Crippen LogP contribution in [0.2, 0.25) is 0 Å². The fraction of sp³-hybridized carbons (Fsp3) is 0.833. The molecule has 0 aromatic heterocycles. The standard InChI is InChI=1S/C12H19N/c1-9-2-4-12-5-3-10(6-9)11-7-13(12)8-11/h7,9-10,12H,2-6,8H2,1H3/t9-,10?,12?/m1/s1. The van der Waals surface area contributed by atoms with Crippen LogP contribution in [0.25, 0.3) is 0 Å². The monoisotopic (exact) mass is 177 g/mol. The van der Waals surface area contributed by atoms with Crippen LogP contribution in [0, 0.1) is 11.8 Å². The predicted octanol–water partition coefficient (Wildman–Crippen LogP) is 2.78. The van der Waals surface area contributed by atoms with E-state index in [0.717, 1.165) is 17.9 Å². The quantitative estimate of drug-likeness (QED) is 0.550. The van der Waals surface area contributed by atoms with E-state index >= 15 is 0 Å². The van der Waals surface area contributed by atoms with Gasteiger partial charge in [-0.15, -0.1) is 0 Å². The van der Waals surface area contributed by atoms with Gasteiger partial charge < -0.3 is 4.90 Å². The van der Waals surface area contributed by atoms with E-state index in [9.17, 15) is 0 Å². The molecule has 3 aliphatic heterocycles. The van der Waals surface area contributed by atoms with Crippen molar-refractivity contribution in [3.8, 4) is 0 Å². The first kappa shape index (κ1) is 7.90. The largest absolute Gasteiger partial charge is 0.370 e. The molecule has 1 saturated heterocycles. The summed E-state index contributed by atoms with van der Waals surface area (Å²) in [6.07, 6.45) is 9.75. The molecule has 3 heterocycles. The van der Waals surface area contributed by atoms with Crippen molar-refractivity contribution in [1.82, 2.24) is 4.90 Å². The Labute approximate surface area is 80.8 Å². The van der Waals surface area contributed by atoms with E-state index in [1.165, 1.54) is 38.6 Å². The van der Waals surface area contributed by atoms with Gasteiger partial charge in [-0.05, 0) is 49.5 Å². The second-order valence-corrected chi connectivity index (χ2v) is 5.22. The lowest BCUT2D eigenvalue weighted by Crippen LogP contribution is -2.36. The van der Waals surface area contributed by atoms with Gasteiger partial charge in [0, 0.05) is 18.8 Å². The molecule has 4 rings (SSSR count). The lowest BCUT2D eigenvalue weighted by Gasteiger charge is -2.35. The van der Waals surface area contributed by atoms with Gasteiger partial charge in [-0.2, -0.15) is 0 Å². The Bertz CT molecular complexity index is 244. The van der Waals surface area contributed by atoms with Crippen LogP contribution in [0.3, 0.4) is 0 Å². The van der Waals surface area contributed by atoms with Crippen molar-refractivity contribution in [2.45, 2.75) is 45.1 Å². The van der Waals surface area contributed by atoms with Gasteiger partial charge in [-0.25, -0.2) is 0 Å². The molecule has 72 valence electrons. The van der Waals surface area contributed by atoms with Gasteiger partial charge in [0.25, 0.3) is 0 Å². The summed E-state index contributed by atoms with van der Waals surface area (Å²) < 4.78 is 0. The van der Waals surface area contributed by atoms with E-state index in [0.29, 0.717) is 0 Å². The molecule has 0 aromatic carbocycles. The Morgan fingerprint density at radius 2 is 2.00 bits per heavy atom. The summed E-state index contributed by atoms with van der Waals surface area (Å²) >= 11 is 0. The zero-order valence-corrected chi connectivity index (χ0v) is 8.50. The highest BCUT2D eigenvalue weighted by Crippen LogP contribution is 2.41. The maximum Gasteiger partial charge on any atom is 0.0406 e. The van der Waals surface area contributed by atoms with Crippen molar-refractivity contribution in [3.63, 3.8) is 0 Å². The average molecular weight is 177 g/mol. The van der Waals surface area contributed by atoms with Crippen LogP contribution >= 0.6 is 0 Å². The summed E-state index contributed by atoms with van der Waals surface area (Å²) in [4.78, 5) is 2.59. The molecular weight excluding hydrogens is 158 g/mol. The summed E-state index contributed by atoms with van der Waals surface area (Å²) in [5.41, 5.74) is 1.76. The lowest BCUT2D eigenvalue weighted by molar-refractivity contribution is 0.237. The van der Waals surface area contributed by atoms with Crippen LogP contribution in [0.5, 0.6) is 0 Å². The van der Waals surface area contributed by atoms with Gasteiger partial charge in [0.05, 0.1) is 0 Å². The highest BCUT2D eigenvalue weighted by Gasteiger charge is 2.35. The molecule has 13 heavy (non-hydrogen) atoms. The van der Waals surface area contributed by atoms with E-state index in [2.05, 4.69) is 18.0 Å². The van der Waals surface area contributed by atoms with Crippen molar-refractivity contribution >= 4 is 0 Å². The molecule has 1 nitrogen and oxygen atoms in total. The Morgan fingerprint density at radius 1 is 1.23 bits per heavy atom. The Balaban J connectivity index is 1.88. The second-order valence-electron chi connectivity index (χ2n) is 5.22. The van der Waals surface area contributed by atoms with E-state index in [1.807, 2.05) is 0 Å². The summed E-state index contributed by atoms with van der Waals surface area (Å²) in [7, 11) is 0. The van der Waals surface area contributed by atoms with Crippen LogP contribution in [0.15, 0.2) is 11.8 Å². The first-order chi connectivity index (χ1) is 6.33. The average Bonchev–Trinajstić information content (AvgIpc) is 2.20. The third kappa shape index (κ3) is 1.20. The smallest absolute Gasteiger partial charge is 0.0406 e. The molecule has 2 unspecified atom stereocenters. The minimum absolute atomic E-state index is 0.900. The SMILES string of the molecule is C[C@@H]1CCC2CCC(C1)C1=CN2C1. The molecule has 4 aliphatic rings. The minimum atomic E-state index is 0.900. The molecule has 0 aromatic rings. The van der Waals surface area contributed by atoms with Gasteiger partial charge in [-0.1, -0.05) is 6.92 Å². The van der Waals surface area contributed by atoms with Crippen LogP contribution in [-0.4, -0.2) is 17.5 Å². The summed E-state index contributed by atoms with van der Waals surface area (Å²) in [5, 5.41) is 0. The molecule has 0 N–H and O–H groups in total. The normalized spacial score (nSPS) is 43.0. The first-order valence-electron chi connectivity index (χ1n) is 5.79. The fourth-order valence-corrected chi connectivity index (χ4v) is 3.27. The minimum Gasteiger partial charge on any atom is -0.370 e. The number of hydrogen-bond acceptors (Lipinski definition) is 1. The molecular formula is C12H19N. The topological polar surface area (TPSA) is 3.24 Å². The van der Waals surface area contributed by atoms with Gasteiger partial charge in [-0.3, -0.25) is 0 Å². The molecule has 0 radical (unpaired) electrons. The first-order valence-corrected chi connectivity index (χ1v) is 5.79. The Kier molecular flexibility index (Phi) is 1.68. The van der Waals surface area contributed by atoms with Crippen molar-refractivity contribution < 1.29 is 0 Å². The molecule has 0 amide bonds. The van der Waals surface area contributed by atoms with Crippen molar-refractivity contribution in [2.24, 2.45) is 11.8 Å². The number of hydrogen-bond donors (Lipinski definition) is 0. The van der Waals surface area contributed by atoms with E-state index < -0.39 is 0 Å². The third-order valence-corrected chi connectivity index (χ3v) is 4.22. The van der Waals surface area contributed by atoms with Gasteiger partial charge >= 0.3 is 0 Å². The molecule has 1 heteroatoms. The lowest BCUT2D eigenvalue weighted by atomic mass is 9.82. The highest BCUT2D eigenvalue weighted by atomic mass is 15.2. The summed E-state index contributed by atoms with van der Waals surface area (Å²) in [5.74, 6) is 1.92. The Hall–Kier alpha value is -0.460. The molecule has 0 spiro atoms. The number of nitrogens with zero attached hydrogens (tertiary/aromatic N) is 1. The van der Waals surface area contributed by atoms with Crippen LogP contribution in [0.1, 0.15) is 39.0 Å². The van der Waals surface area contributed by atoms with Gasteiger partial charge in [0.15, 0.2) is 0 Å². The van der Waals surface area contributed by atoms with Gasteiger partial charge in [0.1, 0.15) is 0 Å².